The number of benzene rings is 1. The molecular formula is C15H23NO3. The summed E-state index contributed by atoms with van der Waals surface area (Å²) < 4.78 is 16.2. The zero-order valence-corrected chi connectivity index (χ0v) is 12.0. The number of piperidine rings is 1. The SMILES string of the molecule is COc1cc(CC2CCCNC2)c(OC)c(OC)c1. The molecule has 0 aromatic heterocycles. The topological polar surface area (TPSA) is 39.7 Å². The number of hydrogen-bond donors (Lipinski definition) is 1. The molecule has 1 fully saturated rings. The van der Waals surface area contributed by atoms with Crippen LogP contribution in [0.1, 0.15) is 18.4 Å². The molecule has 1 N–H and O–H groups in total. The Balaban J connectivity index is 2.25. The Hall–Kier alpha value is -1.42. The van der Waals surface area contributed by atoms with Crippen molar-refractivity contribution in [2.24, 2.45) is 5.92 Å². The molecule has 0 bridgehead atoms. The summed E-state index contributed by atoms with van der Waals surface area (Å²) >= 11 is 0. The van der Waals surface area contributed by atoms with Crippen LogP contribution in [-0.2, 0) is 6.42 Å². The van der Waals surface area contributed by atoms with Crippen molar-refractivity contribution in [2.45, 2.75) is 19.3 Å². The quantitative estimate of drug-likeness (QED) is 0.886. The largest absolute Gasteiger partial charge is 0.497 e. The average Bonchev–Trinajstić information content (AvgIpc) is 2.47. The summed E-state index contributed by atoms with van der Waals surface area (Å²) in [6, 6.07) is 3.91. The van der Waals surface area contributed by atoms with Crippen LogP contribution in [-0.4, -0.2) is 34.4 Å². The van der Waals surface area contributed by atoms with E-state index in [4.69, 9.17) is 14.2 Å². The highest BCUT2D eigenvalue weighted by molar-refractivity contribution is 5.52. The van der Waals surface area contributed by atoms with Gasteiger partial charge in [0.15, 0.2) is 11.5 Å². The molecule has 1 unspecified atom stereocenters. The van der Waals surface area contributed by atoms with E-state index in [0.29, 0.717) is 5.92 Å². The highest BCUT2D eigenvalue weighted by atomic mass is 16.5. The molecule has 2 rings (SSSR count). The van der Waals surface area contributed by atoms with Crippen LogP contribution in [0.25, 0.3) is 0 Å². The van der Waals surface area contributed by atoms with Crippen LogP contribution in [0.2, 0.25) is 0 Å². The molecule has 4 nitrogen and oxygen atoms in total. The predicted molar refractivity (Wildman–Crippen MR) is 75.4 cm³/mol. The van der Waals surface area contributed by atoms with Crippen molar-refractivity contribution in [1.82, 2.24) is 5.32 Å². The lowest BCUT2D eigenvalue weighted by atomic mass is 9.91. The van der Waals surface area contributed by atoms with E-state index in [1.165, 1.54) is 12.8 Å². The molecule has 1 aliphatic heterocycles. The first-order valence-corrected chi connectivity index (χ1v) is 6.78. The van der Waals surface area contributed by atoms with Gasteiger partial charge >= 0.3 is 0 Å². The molecule has 0 radical (unpaired) electrons. The van der Waals surface area contributed by atoms with E-state index >= 15 is 0 Å². The summed E-state index contributed by atoms with van der Waals surface area (Å²) in [6.07, 6.45) is 3.49. The monoisotopic (exact) mass is 265 g/mol. The lowest BCUT2D eigenvalue weighted by Crippen LogP contribution is -2.30. The summed E-state index contributed by atoms with van der Waals surface area (Å²) in [6.45, 7) is 2.21. The van der Waals surface area contributed by atoms with Crippen LogP contribution in [0.4, 0.5) is 0 Å². The maximum absolute atomic E-state index is 5.51. The lowest BCUT2D eigenvalue weighted by molar-refractivity contribution is 0.335. The third-order valence-corrected chi connectivity index (χ3v) is 3.67. The van der Waals surface area contributed by atoms with Gasteiger partial charge in [0.1, 0.15) is 5.75 Å². The third kappa shape index (κ3) is 3.32. The van der Waals surface area contributed by atoms with Crippen molar-refractivity contribution in [3.05, 3.63) is 17.7 Å². The summed E-state index contributed by atoms with van der Waals surface area (Å²) in [4.78, 5) is 0. The molecule has 1 aromatic rings. The Morgan fingerprint density at radius 3 is 2.58 bits per heavy atom. The van der Waals surface area contributed by atoms with Gasteiger partial charge in [0, 0.05) is 11.6 Å². The van der Waals surface area contributed by atoms with Crippen LogP contribution in [0, 0.1) is 5.92 Å². The minimum Gasteiger partial charge on any atom is -0.497 e. The van der Waals surface area contributed by atoms with Gasteiger partial charge in [0.05, 0.1) is 21.3 Å². The molecule has 0 aliphatic carbocycles. The van der Waals surface area contributed by atoms with E-state index < -0.39 is 0 Å². The maximum atomic E-state index is 5.51. The van der Waals surface area contributed by atoms with Crippen LogP contribution >= 0.6 is 0 Å². The van der Waals surface area contributed by atoms with Crippen molar-refractivity contribution in [1.29, 1.82) is 0 Å². The van der Waals surface area contributed by atoms with E-state index in [9.17, 15) is 0 Å². The predicted octanol–water partition coefficient (Wildman–Crippen LogP) is 2.25. The summed E-state index contributed by atoms with van der Waals surface area (Å²) in [7, 11) is 5.02. The van der Waals surface area contributed by atoms with Gasteiger partial charge in [0.25, 0.3) is 0 Å². The molecule has 19 heavy (non-hydrogen) atoms. The molecule has 0 saturated carbocycles. The summed E-state index contributed by atoms with van der Waals surface area (Å²) in [5, 5.41) is 3.45. The Kier molecular flexibility index (Phi) is 4.91. The van der Waals surface area contributed by atoms with E-state index in [0.717, 1.165) is 42.3 Å². The second-order valence-corrected chi connectivity index (χ2v) is 4.94. The zero-order valence-electron chi connectivity index (χ0n) is 12.0. The van der Waals surface area contributed by atoms with Crippen LogP contribution in [0.5, 0.6) is 17.2 Å². The number of hydrogen-bond acceptors (Lipinski definition) is 4. The molecule has 1 aromatic carbocycles. The Bertz CT molecular complexity index is 414. The summed E-state index contributed by atoms with van der Waals surface area (Å²) in [5.41, 5.74) is 1.16. The van der Waals surface area contributed by atoms with Gasteiger partial charge in [-0.15, -0.1) is 0 Å². The fourth-order valence-electron chi connectivity index (χ4n) is 2.69. The summed E-state index contributed by atoms with van der Waals surface area (Å²) in [5.74, 6) is 3.03. The minimum atomic E-state index is 0.652. The standard InChI is InChI=1S/C15H23NO3/c1-17-13-8-12(7-11-5-4-6-16-10-11)15(19-3)14(9-13)18-2/h8-9,11,16H,4-7,10H2,1-3H3. The third-order valence-electron chi connectivity index (χ3n) is 3.67. The first kappa shape index (κ1) is 14.0. The van der Waals surface area contributed by atoms with Crippen molar-refractivity contribution in [3.8, 4) is 17.2 Å². The van der Waals surface area contributed by atoms with Crippen molar-refractivity contribution < 1.29 is 14.2 Å². The van der Waals surface area contributed by atoms with Crippen LogP contribution in [0.3, 0.4) is 0 Å². The van der Waals surface area contributed by atoms with Gasteiger partial charge in [0.2, 0.25) is 0 Å². The smallest absolute Gasteiger partial charge is 0.164 e. The fraction of sp³-hybridized carbons (Fsp3) is 0.600. The van der Waals surface area contributed by atoms with E-state index in [1.807, 2.05) is 6.07 Å². The molecule has 106 valence electrons. The molecule has 4 heteroatoms. The van der Waals surface area contributed by atoms with Crippen LogP contribution < -0.4 is 19.5 Å². The second kappa shape index (κ2) is 6.66. The minimum absolute atomic E-state index is 0.652. The first-order chi connectivity index (χ1) is 9.28. The molecule has 1 atom stereocenters. The Labute approximate surface area is 115 Å². The van der Waals surface area contributed by atoms with Gasteiger partial charge in [-0.25, -0.2) is 0 Å². The Morgan fingerprint density at radius 1 is 1.16 bits per heavy atom. The Morgan fingerprint density at radius 2 is 2.00 bits per heavy atom. The van der Waals surface area contributed by atoms with Crippen LogP contribution in [0.15, 0.2) is 12.1 Å². The molecule has 1 heterocycles. The molecule has 0 amide bonds. The fourth-order valence-corrected chi connectivity index (χ4v) is 2.69. The lowest BCUT2D eigenvalue weighted by Gasteiger charge is -2.24. The first-order valence-electron chi connectivity index (χ1n) is 6.78. The van der Waals surface area contributed by atoms with Gasteiger partial charge in [-0.3, -0.25) is 0 Å². The number of methoxy groups -OCH3 is 3. The van der Waals surface area contributed by atoms with Gasteiger partial charge < -0.3 is 19.5 Å². The van der Waals surface area contributed by atoms with E-state index in [-0.39, 0.29) is 0 Å². The average molecular weight is 265 g/mol. The highest BCUT2D eigenvalue weighted by Gasteiger charge is 2.19. The number of ether oxygens (including phenoxy) is 3. The highest BCUT2D eigenvalue weighted by Crippen LogP contribution is 2.37. The molecule has 1 saturated heterocycles. The number of nitrogens with one attached hydrogen (secondary N) is 1. The van der Waals surface area contributed by atoms with E-state index in [1.54, 1.807) is 21.3 Å². The zero-order chi connectivity index (χ0) is 13.7. The molecule has 1 aliphatic rings. The maximum Gasteiger partial charge on any atom is 0.164 e. The molecular weight excluding hydrogens is 242 g/mol. The van der Waals surface area contributed by atoms with Crippen molar-refractivity contribution in [2.75, 3.05) is 34.4 Å². The van der Waals surface area contributed by atoms with Gasteiger partial charge in [-0.2, -0.15) is 0 Å². The van der Waals surface area contributed by atoms with Crippen molar-refractivity contribution >= 4 is 0 Å². The van der Waals surface area contributed by atoms with E-state index in [2.05, 4.69) is 11.4 Å². The number of rotatable bonds is 5. The van der Waals surface area contributed by atoms with Gasteiger partial charge in [-0.1, -0.05) is 0 Å². The normalized spacial score (nSPS) is 19.0. The van der Waals surface area contributed by atoms with Gasteiger partial charge in [-0.05, 0) is 44.3 Å². The van der Waals surface area contributed by atoms with Crippen molar-refractivity contribution in [3.63, 3.8) is 0 Å². The molecule has 0 spiro atoms. The second-order valence-electron chi connectivity index (χ2n) is 4.94.